The van der Waals surface area contributed by atoms with Crippen molar-refractivity contribution in [2.75, 3.05) is 0 Å². The first kappa shape index (κ1) is 35.3. The number of hydrogen-bond acceptors (Lipinski definition) is 12. The van der Waals surface area contributed by atoms with Crippen molar-refractivity contribution < 1.29 is 28.7 Å². The fourth-order valence-corrected chi connectivity index (χ4v) is 13.8. The first-order valence-corrected chi connectivity index (χ1v) is 22.4. The van der Waals surface area contributed by atoms with Gasteiger partial charge in [-0.3, -0.25) is 19.2 Å². The number of benzene rings is 1. The summed E-state index contributed by atoms with van der Waals surface area (Å²) in [6, 6.07) is 4.26. The summed E-state index contributed by atoms with van der Waals surface area (Å²) < 4.78 is 13.1. The average Bonchev–Trinajstić information content (AvgIpc) is 3.89. The molecule has 8 atom stereocenters. The van der Waals surface area contributed by atoms with Gasteiger partial charge in [0.05, 0.1) is 0 Å². The Balaban J connectivity index is 0.928. The number of ether oxygens (including phenoxy) is 2. The second-order valence-electron chi connectivity index (χ2n) is 18.8. The second kappa shape index (κ2) is 12.3. The number of thiazole rings is 2. The van der Waals surface area contributed by atoms with Crippen molar-refractivity contribution in [2.45, 2.75) is 116 Å². The van der Waals surface area contributed by atoms with E-state index < -0.39 is 11.2 Å². The Morgan fingerprint density at radius 1 is 0.554 bits per heavy atom. The van der Waals surface area contributed by atoms with Crippen LogP contribution in [0.15, 0.2) is 22.1 Å². The molecule has 8 unspecified atom stereocenters. The number of rotatable bonds is 2. The van der Waals surface area contributed by atoms with Crippen LogP contribution in [0.1, 0.15) is 116 Å². The number of fused-ring (bicyclic) bond motifs is 10. The molecule has 8 aliphatic rings. The van der Waals surface area contributed by atoms with Crippen molar-refractivity contribution in [2.24, 2.45) is 57.3 Å². The number of hydrogen-bond donors (Lipinski definition) is 0. The van der Waals surface area contributed by atoms with E-state index >= 15 is 0 Å². The topological polar surface area (TPSA) is 137 Å². The number of ketones is 4. The molecule has 0 saturated heterocycles. The molecule has 0 radical (unpaired) electrons. The first-order valence-electron chi connectivity index (χ1n) is 20.8. The summed E-state index contributed by atoms with van der Waals surface area (Å²) in [6.07, 6.45) is 12.7. The molecule has 0 N–H and O–H groups in total. The maximum Gasteiger partial charge on any atom is 0.235 e. The van der Waals surface area contributed by atoms with Gasteiger partial charge >= 0.3 is 0 Å². The highest BCUT2D eigenvalue weighted by Gasteiger charge is 2.54. The molecule has 6 fully saturated rings. The number of carbonyl (C=O) groups is 4. The van der Waals surface area contributed by atoms with Gasteiger partial charge in [0.2, 0.25) is 22.0 Å². The van der Waals surface area contributed by atoms with Crippen LogP contribution in [0.25, 0.3) is 20.9 Å². The van der Waals surface area contributed by atoms with Gasteiger partial charge in [-0.1, -0.05) is 74.0 Å². The van der Waals surface area contributed by atoms with Crippen molar-refractivity contribution >= 4 is 67.5 Å². The minimum Gasteiger partial charge on any atom is -0.466 e. The lowest BCUT2D eigenvalue weighted by atomic mass is 9.64. The Morgan fingerprint density at radius 2 is 0.875 bits per heavy atom. The number of Topliss-reactive ketones (excluding diaryl/α,β-unsaturated/α-hetero) is 4. The Bertz CT molecular complexity index is 2120. The van der Waals surface area contributed by atoms with Gasteiger partial charge in [-0.15, -0.1) is 0 Å². The largest absolute Gasteiger partial charge is 0.466 e. The van der Waals surface area contributed by atoms with E-state index in [1.165, 1.54) is 48.4 Å². The van der Waals surface area contributed by atoms with Gasteiger partial charge in [0.1, 0.15) is 21.0 Å². The molecule has 4 heterocycles. The third kappa shape index (κ3) is 5.22. The Morgan fingerprint density at radius 3 is 1.20 bits per heavy atom. The average molecular weight is 791 g/mol. The van der Waals surface area contributed by atoms with E-state index in [-0.39, 0.29) is 58.2 Å². The molecule has 10 nitrogen and oxygen atoms in total. The lowest BCUT2D eigenvalue weighted by molar-refractivity contribution is -0.123. The fourth-order valence-electron chi connectivity index (χ4n) is 12.0. The summed E-state index contributed by atoms with van der Waals surface area (Å²) in [5.74, 6) is 1.54. The summed E-state index contributed by atoms with van der Waals surface area (Å²) >= 11 is 2.67. The van der Waals surface area contributed by atoms with Crippen LogP contribution in [0.3, 0.4) is 0 Å². The van der Waals surface area contributed by atoms with Gasteiger partial charge in [0, 0.05) is 45.9 Å². The van der Waals surface area contributed by atoms with Crippen LogP contribution < -0.4 is 9.47 Å². The van der Waals surface area contributed by atoms with Gasteiger partial charge in [-0.25, -0.2) is 9.98 Å². The Labute approximate surface area is 334 Å². The Kier molecular flexibility index (Phi) is 7.75. The summed E-state index contributed by atoms with van der Waals surface area (Å²) in [4.78, 5) is 75.2. The maximum absolute atomic E-state index is 13.7. The van der Waals surface area contributed by atoms with Crippen LogP contribution in [0.2, 0.25) is 0 Å². The predicted molar refractivity (Wildman–Crippen MR) is 214 cm³/mol. The lowest BCUT2D eigenvalue weighted by Crippen LogP contribution is -2.35. The van der Waals surface area contributed by atoms with Gasteiger partial charge in [-0.2, -0.15) is 9.97 Å². The molecule has 1 aromatic carbocycles. The van der Waals surface area contributed by atoms with Crippen LogP contribution in [0.5, 0.6) is 11.8 Å². The molecule has 2 aliphatic heterocycles. The maximum atomic E-state index is 13.7. The van der Waals surface area contributed by atoms with E-state index in [9.17, 15) is 19.2 Å². The third-order valence-corrected chi connectivity index (χ3v) is 16.8. The molecular weight excluding hydrogens is 745 g/mol. The van der Waals surface area contributed by atoms with Gasteiger partial charge < -0.3 is 9.47 Å². The van der Waals surface area contributed by atoms with Crippen molar-refractivity contribution in [1.82, 2.24) is 9.97 Å². The molecule has 11 rings (SSSR count). The normalized spacial score (nSPS) is 33.1. The summed E-state index contributed by atoms with van der Waals surface area (Å²) in [6.45, 7) is 8.01. The van der Waals surface area contributed by atoms with Crippen LogP contribution in [0.4, 0.5) is 10.3 Å². The number of carbonyl (C=O) groups excluding carboxylic acids is 4. The zero-order valence-corrected chi connectivity index (χ0v) is 33.9. The van der Waals surface area contributed by atoms with E-state index in [1.807, 2.05) is 27.7 Å². The summed E-state index contributed by atoms with van der Waals surface area (Å²) in [5, 5.41) is 0.700. The smallest absolute Gasteiger partial charge is 0.235 e. The zero-order chi connectivity index (χ0) is 38.4. The highest BCUT2D eigenvalue weighted by molar-refractivity contribution is 7.19. The first-order chi connectivity index (χ1) is 26.8. The number of aromatic nitrogens is 2. The molecule has 0 amide bonds. The van der Waals surface area contributed by atoms with E-state index in [0.29, 0.717) is 45.7 Å². The van der Waals surface area contributed by atoms with Crippen LogP contribution >= 0.6 is 22.7 Å². The minimum atomic E-state index is -0.771. The third-order valence-electron chi connectivity index (χ3n) is 14.8. The minimum absolute atomic E-state index is 0.0547. The SMILES string of the molecule is CC1(C)Oc2nc(N=C3C(=O)C4CC5CCCCC5CC4C3=O)sc2-c2cc3c(cc21)-c1sc(N=C2C(=O)C4CC5CCCCC5CC4C2=O)nc1OC3(C)C. The highest BCUT2D eigenvalue weighted by Crippen LogP contribution is 2.57. The van der Waals surface area contributed by atoms with Crippen molar-refractivity contribution in [1.29, 1.82) is 0 Å². The molecular formula is C44H46N4O6S2. The van der Waals surface area contributed by atoms with E-state index in [1.54, 1.807) is 0 Å². The van der Waals surface area contributed by atoms with Crippen molar-refractivity contribution in [3.8, 4) is 32.6 Å². The number of nitrogens with zero attached hydrogens (tertiary/aromatic N) is 4. The molecule has 2 aromatic heterocycles. The van der Waals surface area contributed by atoms with E-state index in [4.69, 9.17) is 19.4 Å². The standard InChI is InChI=1S/C44H46N4O6S2/c1-43(2)29-17-28-30(18-27(29)37-39(53-43)47-41(55-37)45-31-33(49)23-13-19-9-5-6-10-20(19)14-24(23)34(31)50)44(3,4)54-40-38(28)56-42(48-40)46-32-35(51)25-15-21-11-7-8-12-22(21)16-26(25)36(32)52/h17-26H,5-16H2,1-4H3. The van der Waals surface area contributed by atoms with Crippen LogP contribution in [-0.2, 0) is 30.4 Å². The molecule has 6 aliphatic carbocycles. The molecule has 0 spiro atoms. The van der Waals surface area contributed by atoms with Crippen molar-refractivity contribution in [3.63, 3.8) is 0 Å². The Hall–Kier alpha value is -3.90. The van der Waals surface area contributed by atoms with Crippen molar-refractivity contribution in [3.05, 3.63) is 23.3 Å². The van der Waals surface area contributed by atoms with Gasteiger partial charge in [0.15, 0.2) is 34.6 Å². The quantitative estimate of drug-likeness (QED) is 0.251. The van der Waals surface area contributed by atoms with E-state index in [0.717, 1.165) is 83.4 Å². The lowest BCUT2D eigenvalue weighted by Gasteiger charge is -2.39. The van der Waals surface area contributed by atoms with Gasteiger partial charge in [0.25, 0.3) is 0 Å². The van der Waals surface area contributed by atoms with E-state index in [2.05, 4.69) is 22.1 Å². The molecule has 12 heteroatoms. The highest BCUT2D eigenvalue weighted by atomic mass is 32.1. The molecule has 3 aromatic rings. The molecule has 56 heavy (non-hydrogen) atoms. The second-order valence-corrected chi connectivity index (χ2v) is 20.7. The number of aliphatic imine (C=N–C) groups is 2. The van der Waals surface area contributed by atoms with Crippen LogP contribution in [0, 0.1) is 47.3 Å². The molecule has 0 bridgehead atoms. The monoisotopic (exact) mass is 790 g/mol. The summed E-state index contributed by atoms with van der Waals surface area (Å²) in [5.41, 5.74) is 2.35. The molecule has 6 saturated carbocycles. The summed E-state index contributed by atoms with van der Waals surface area (Å²) in [7, 11) is 0. The zero-order valence-electron chi connectivity index (χ0n) is 32.3. The van der Waals surface area contributed by atoms with Gasteiger partial charge in [-0.05, 0) is 89.2 Å². The molecule has 290 valence electrons. The van der Waals surface area contributed by atoms with Crippen LogP contribution in [-0.4, -0.2) is 44.5 Å². The fraction of sp³-hybridized carbons (Fsp3) is 0.591. The predicted octanol–water partition coefficient (Wildman–Crippen LogP) is 9.30.